The SMILES string of the molecule is CC(C)Nc1ncc(-c2cc(N)cc(C(F)F)c2)n(CC(=O)NCc2ccc3c(c2)OC(C)N=C3N)c1=O. The van der Waals surface area contributed by atoms with E-state index in [1.807, 2.05) is 13.8 Å². The molecule has 0 bridgehead atoms. The van der Waals surface area contributed by atoms with E-state index in [-0.39, 0.29) is 47.5 Å². The number of aliphatic imine (C=N–C) groups is 1. The van der Waals surface area contributed by atoms with Crippen LogP contribution in [0, 0.1) is 0 Å². The lowest BCUT2D eigenvalue weighted by Gasteiger charge is -2.21. The molecular weight excluding hydrogens is 496 g/mol. The van der Waals surface area contributed by atoms with Crippen LogP contribution in [-0.2, 0) is 17.9 Å². The highest BCUT2D eigenvalue weighted by atomic mass is 19.3. The first-order valence-electron chi connectivity index (χ1n) is 12.0. The minimum absolute atomic E-state index is 0.0368. The summed E-state index contributed by atoms with van der Waals surface area (Å²) in [7, 11) is 0. The second kappa shape index (κ2) is 10.9. The minimum Gasteiger partial charge on any atom is -0.468 e. The van der Waals surface area contributed by atoms with E-state index in [0.717, 1.165) is 11.6 Å². The number of carbonyl (C=O) groups is 1. The largest absolute Gasteiger partial charge is 0.468 e. The number of nitrogens with two attached hydrogens (primary N) is 2. The third-order valence-electron chi connectivity index (χ3n) is 5.74. The Bertz CT molecular complexity index is 1450. The molecule has 6 N–H and O–H groups in total. The van der Waals surface area contributed by atoms with Gasteiger partial charge in [0.1, 0.15) is 18.1 Å². The van der Waals surface area contributed by atoms with Crippen LogP contribution >= 0.6 is 0 Å². The number of alkyl halides is 2. The maximum absolute atomic E-state index is 13.4. The van der Waals surface area contributed by atoms with Crippen LogP contribution in [0.1, 0.15) is 43.9 Å². The Morgan fingerprint density at radius 3 is 2.66 bits per heavy atom. The lowest BCUT2D eigenvalue weighted by atomic mass is 10.1. The number of amidine groups is 1. The zero-order valence-electron chi connectivity index (χ0n) is 21.2. The molecule has 0 aliphatic carbocycles. The van der Waals surface area contributed by atoms with Crippen LogP contribution in [0.15, 0.2) is 52.4 Å². The van der Waals surface area contributed by atoms with Crippen molar-refractivity contribution in [2.75, 3.05) is 11.1 Å². The van der Waals surface area contributed by atoms with Gasteiger partial charge >= 0.3 is 0 Å². The topological polar surface area (TPSA) is 150 Å². The van der Waals surface area contributed by atoms with Crippen LogP contribution in [0.25, 0.3) is 11.3 Å². The summed E-state index contributed by atoms with van der Waals surface area (Å²) in [5.74, 6) is 0.502. The number of hydrogen-bond acceptors (Lipinski definition) is 8. The Morgan fingerprint density at radius 2 is 1.95 bits per heavy atom. The number of nitrogen functional groups attached to an aromatic ring is 1. The third-order valence-corrected chi connectivity index (χ3v) is 5.74. The van der Waals surface area contributed by atoms with Crippen molar-refractivity contribution in [2.45, 2.75) is 52.6 Å². The quantitative estimate of drug-likeness (QED) is 0.330. The molecule has 1 atom stereocenters. The molecule has 200 valence electrons. The average Bonchev–Trinajstić information content (AvgIpc) is 2.84. The van der Waals surface area contributed by atoms with E-state index in [2.05, 4.69) is 20.6 Å². The van der Waals surface area contributed by atoms with Gasteiger partial charge in [-0.1, -0.05) is 6.07 Å². The number of benzene rings is 2. The fourth-order valence-corrected chi connectivity index (χ4v) is 4.06. The molecule has 1 aliphatic heterocycles. The van der Waals surface area contributed by atoms with E-state index >= 15 is 0 Å². The average molecular weight is 526 g/mol. The Labute approximate surface area is 217 Å². The summed E-state index contributed by atoms with van der Waals surface area (Å²) in [4.78, 5) is 34.6. The van der Waals surface area contributed by atoms with E-state index < -0.39 is 24.1 Å². The van der Waals surface area contributed by atoms with Crippen LogP contribution in [0.5, 0.6) is 5.75 Å². The fraction of sp³-hybridized carbons (Fsp3) is 0.308. The number of halogens is 2. The van der Waals surface area contributed by atoms with Crippen LogP contribution < -0.4 is 32.4 Å². The molecule has 0 saturated heterocycles. The molecule has 12 heteroatoms. The first-order chi connectivity index (χ1) is 18.0. The molecule has 0 radical (unpaired) electrons. The van der Waals surface area contributed by atoms with Gasteiger partial charge in [0.05, 0.1) is 17.5 Å². The van der Waals surface area contributed by atoms with Crippen molar-refractivity contribution >= 4 is 23.2 Å². The highest BCUT2D eigenvalue weighted by Crippen LogP contribution is 2.29. The third kappa shape index (κ3) is 5.90. The van der Waals surface area contributed by atoms with E-state index in [4.69, 9.17) is 16.2 Å². The van der Waals surface area contributed by atoms with Gasteiger partial charge in [-0.3, -0.25) is 14.2 Å². The van der Waals surface area contributed by atoms with Crippen molar-refractivity contribution in [1.82, 2.24) is 14.9 Å². The molecule has 38 heavy (non-hydrogen) atoms. The Kier molecular flexibility index (Phi) is 7.60. The maximum Gasteiger partial charge on any atom is 0.294 e. The second-order valence-corrected chi connectivity index (χ2v) is 9.21. The predicted octanol–water partition coefficient (Wildman–Crippen LogP) is 3.01. The Balaban J connectivity index is 1.61. The monoisotopic (exact) mass is 525 g/mol. The Morgan fingerprint density at radius 1 is 1.18 bits per heavy atom. The van der Waals surface area contributed by atoms with Gasteiger partial charge in [-0.15, -0.1) is 0 Å². The number of anilines is 2. The number of amides is 1. The summed E-state index contributed by atoms with van der Waals surface area (Å²) < 4.78 is 33.7. The zero-order valence-corrected chi connectivity index (χ0v) is 21.2. The van der Waals surface area contributed by atoms with Gasteiger partial charge in [-0.25, -0.2) is 18.8 Å². The highest BCUT2D eigenvalue weighted by molar-refractivity contribution is 6.00. The molecule has 3 aromatic rings. The van der Waals surface area contributed by atoms with E-state index in [9.17, 15) is 18.4 Å². The minimum atomic E-state index is -2.76. The molecule has 1 amide bonds. The summed E-state index contributed by atoms with van der Waals surface area (Å²) in [6.07, 6.45) is -1.83. The van der Waals surface area contributed by atoms with Crippen molar-refractivity contribution in [3.05, 3.63) is 69.6 Å². The van der Waals surface area contributed by atoms with Gasteiger partial charge < -0.3 is 26.8 Å². The first kappa shape index (κ1) is 26.6. The number of hydrogen-bond donors (Lipinski definition) is 4. The molecule has 10 nitrogen and oxygen atoms in total. The maximum atomic E-state index is 13.4. The zero-order chi connectivity index (χ0) is 27.6. The van der Waals surface area contributed by atoms with Gasteiger partial charge in [0, 0.05) is 29.4 Å². The number of aromatic nitrogens is 2. The predicted molar refractivity (Wildman–Crippen MR) is 141 cm³/mol. The van der Waals surface area contributed by atoms with Crippen molar-refractivity contribution < 1.29 is 18.3 Å². The number of rotatable bonds is 8. The molecule has 0 saturated carbocycles. The van der Waals surface area contributed by atoms with E-state index in [0.29, 0.717) is 17.1 Å². The number of fused-ring (bicyclic) bond motifs is 1. The first-order valence-corrected chi connectivity index (χ1v) is 12.0. The van der Waals surface area contributed by atoms with Gasteiger partial charge in [-0.2, -0.15) is 0 Å². The van der Waals surface area contributed by atoms with Gasteiger partial charge in [0.2, 0.25) is 5.91 Å². The van der Waals surface area contributed by atoms with Crippen LogP contribution in [0.2, 0.25) is 0 Å². The summed E-state index contributed by atoms with van der Waals surface area (Å²) >= 11 is 0. The molecule has 1 aromatic heterocycles. The number of ether oxygens (including phenoxy) is 1. The molecule has 4 rings (SSSR count). The van der Waals surface area contributed by atoms with Crippen LogP contribution in [0.3, 0.4) is 0 Å². The van der Waals surface area contributed by atoms with Crippen LogP contribution in [-0.4, -0.2) is 33.6 Å². The number of nitrogens with zero attached hydrogens (tertiary/aromatic N) is 3. The van der Waals surface area contributed by atoms with E-state index in [1.54, 1.807) is 25.1 Å². The molecule has 1 unspecified atom stereocenters. The summed E-state index contributed by atoms with van der Waals surface area (Å²) in [6.45, 7) is 5.21. The molecule has 2 aromatic carbocycles. The highest BCUT2D eigenvalue weighted by Gasteiger charge is 2.20. The smallest absolute Gasteiger partial charge is 0.294 e. The molecular formula is C26H29F2N7O3. The fourth-order valence-electron chi connectivity index (χ4n) is 4.06. The standard InChI is InChI=1S/C26H29F2N7O3/c1-13(2)33-25-26(37)35(20(11-32-25)16-7-17(23(27)28)9-18(29)8-16)12-22(36)31-10-15-4-5-19-21(6-15)38-14(3)34-24(19)30/h4-9,11,13-14,23H,10,12,29H2,1-3H3,(H2,30,34)(H,31,36)(H,32,33). The Hall–Kier alpha value is -4.48. The van der Waals surface area contributed by atoms with Crippen molar-refractivity contribution in [2.24, 2.45) is 10.7 Å². The summed E-state index contributed by atoms with van der Waals surface area (Å²) in [6, 6.07) is 9.05. The molecule has 1 aliphatic rings. The van der Waals surface area contributed by atoms with Crippen LogP contribution in [0.4, 0.5) is 20.3 Å². The normalized spacial score (nSPS) is 14.6. The lowest BCUT2D eigenvalue weighted by Crippen LogP contribution is -2.35. The second-order valence-electron chi connectivity index (χ2n) is 9.21. The van der Waals surface area contributed by atoms with Crippen molar-refractivity contribution in [3.8, 4) is 17.0 Å². The number of carbonyl (C=O) groups excluding carboxylic acids is 1. The van der Waals surface area contributed by atoms with Gasteiger partial charge in [0.25, 0.3) is 12.0 Å². The van der Waals surface area contributed by atoms with E-state index in [1.165, 1.54) is 22.9 Å². The van der Waals surface area contributed by atoms with Gasteiger partial charge in [0.15, 0.2) is 12.0 Å². The molecule has 0 fully saturated rings. The van der Waals surface area contributed by atoms with Gasteiger partial charge in [-0.05, 0) is 56.7 Å². The lowest BCUT2D eigenvalue weighted by molar-refractivity contribution is -0.121. The summed E-state index contributed by atoms with van der Waals surface area (Å²) in [5, 5.41) is 5.73. The number of nitrogens with one attached hydrogen (secondary N) is 2. The van der Waals surface area contributed by atoms with Crippen molar-refractivity contribution in [3.63, 3.8) is 0 Å². The summed E-state index contributed by atoms with van der Waals surface area (Å²) in [5.41, 5.74) is 12.9. The van der Waals surface area contributed by atoms with Crippen molar-refractivity contribution in [1.29, 1.82) is 0 Å². The molecule has 0 spiro atoms. The molecule has 2 heterocycles.